The van der Waals surface area contributed by atoms with Crippen LogP contribution < -0.4 is 10.6 Å². The molecule has 1 amide bonds. The van der Waals surface area contributed by atoms with Gasteiger partial charge in [0.15, 0.2) is 0 Å². The van der Waals surface area contributed by atoms with E-state index in [2.05, 4.69) is 49.4 Å². The smallest absolute Gasteiger partial charge is 0.227 e. The van der Waals surface area contributed by atoms with Crippen LogP contribution in [-0.2, 0) is 4.79 Å². The van der Waals surface area contributed by atoms with Gasteiger partial charge in [-0.25, -0.2) is 0 Å². The summed E-state index contributed by atoms with van der Waals surface area (Å²) in [7, 11) is 0. The fourth-order valence-electron chi connectivity index (χ4n) is 2.24. The summed E-state index contributed by atoms with van der Waals surface area (Å²) in [6.45, 7) is 3.94. The fourth-order valence-corrected chi connectivity index (χ4v) is 3.43. The second kappa shape index (κ2) is 6.17. The van der Waals surface area contributed by atoms with Gasteiger partial charge in [0, 0.05) is 14.9 Å². The summed E-state index contributed by atoms with van der Waals surface area (Å²) in [6.07, 6.45) is 0.898. The van der Waals surface area contributed by atoms with Crippen molar-refractivity contribution in [3.8, 4) is 0 Å². The van der Waals surface area contributed by atoms with Crippen LogP contribution in [-0.4, -0.2) is 19.0 Å². The largest absolute Gasteiger partial charge is 0.324 e. The van der Waals surface area contributed by atoms with Crippen molar-refractivity contribution in [2.45, 2.75) is 13.3 Å². The molecule has 5 heteroatoms. The first kappa shape index (κ1) is 14.0. The Kier molecular flexibility index (Phi) is 4.81. The average molecular weight is 376 g/mol. The summed E-state index contributed by atoms with van der Waals surface area (Å²) in [4.78, 5) is 12.3. The third-order valence-corrected chi connectivity index (χ3v) is 4.65. The van der Waals surface area contributed by atoms with E-state index in [0.29, 0.717) is 5.92 Å². The summed E-state index contributed by atoms with van der Waals surface area (Å²) in [5.41, 5.74) is 0.813. The molecule has 1 aliphatic rings. The van der Waals surface area contributed by atoms with E-state index in [9.17, 15) is 4.79 Å². The summed E-state index contributed by atoms with van der Waals surface area (Å²) in [5, 5.41) is 6.33. The molecular weight excluding hydrogens is 360 g/mol. The molecule has 1 aromatic carbocycles. The molecule has 18 heavy (non-hydrogen) atoms. The van der Waals surface area contributed by atoms with E-state index in [1.165, 1.54) is 0 Å². The number of nitrogens with one attached hydrogen (secondary N) is 2. The molecule has 0 aliphatic carbocycles. The van der Waals surface area contributed by atoms with Crippen LogP contribution in [0.5, 0.6) is 0 Å². The molecule has 3 nitrogen and oxygen atoms in total. The predicted molar refractivity (Wildman–Crippen MR) is 80.6 cm³/mol. The number of carbonyl (C=O) groups excluding carboxylic acids is 1. The second-order valence-electron chi connectivity index (χ2n) is 4.66. The monoisotopic (exact) mass is 374 g/mol. The number of amides is 1. The number of benzene rings is 1. The number of para-hydroxylation sites is 1. The quantitative estimate of drug-likeness (QED) is 0.831. The number of piperidine rings is 1. The first-order chi connectivity index (χ1) is 8.59. The van der Waals surface area contributed by atoms with Crippen LogP contribution in [0.15, 0.2) is 27.1 Å². The molecule has 1 heterocycles. The first-order valence-electron chi connectivity index (χ1n) is 6.05. The highest BCUT2D eigenvalue weighted by molar-refractivity contribution is 9.11. The number of carbonyl (C=O) groups is 1. The zero-order valence-corrected chi connectivity index (χ0v) is 13.3. The van der Waals surface area contributed by atoms with Gasteiger partial charge in [-0.1, -0.05) is 13.0 Å². The van der Waals surface area contributed by atoms with E-state index < -0.39 is 0 Å². The van der Waals surface area contributed by atoms with Crippen LogP contribution in [0.25, 0.3) is 0 Å². The maximum Gasteiger partial charge on any atom is 0.227 e. The van der Waals surface area contributed by atoms with Crippen LogP contribution in [0.3, 0.4) is 0 Å². The van der Waals surface area contributed by atoms with E-state index in [4.69, 9.17) is 0 Å². The molecule has 1 fully saturated rings. The molecule has 1 aromatic rings. The molecule has 98 valence electrons. The summed E-state index contributed by atoms with van der Waals surface area (Å²) in [6, 6.07) is 5.77. The van der Waals surface area contributed by atoms with Crippen molar-refractivity contribution < 1.29 is 4.79 Å². The van der Waals surface area contributed by atoms with E-state index in [1.54, 1.807) is 0 Å². The lowest BCUT2D eigenvalue weighted by Gasteiger charge is -2.28. The van der Waals surface area contributed by atoms with Gasteiger partial charge in [0.1, 0.15) is 0 Å². The minimum atomic E-state index is 0.0882. The summed E-state index contributed by atoms with van der Waals surface area (Å²) < 4.78 is 1.79. The number of anilines is 1. The molecule has 0 aromatic heterocycles. The van der Waals surface area contributed by atoms with Crippen molar-refractivity contribution in [3.63, 3.8) is 0 Å². The molecule has 0 bridgehead atoms. The van der Waals surface area contributed by atoms with Gasteiger partial charge in [-0.15, -0.1) is 0 Å². The second-order valence-corrected chi connectivity index (χ2v) is 6.37. The highest BCUT2D eigenvalue weighted by atomic mass is 79.9. The third kappa shape index (κ3) is 3.13. The van der Waals surface area contributed by atoms with Gasteiger partial charge in [-0.05, 0) is 69.4 Å². The lowest BCUT2D eigenvalue weighted by Crippen LogP contribution is -2.41. The molecule has 2 rings (SSSR count). The van der Waals surface area contributed by atoms with E-state index in [1.807, 2.05) is 18.2 Å². The van der Waals surface area contributed by atoms with Gasteiger partial charge in [0.25, 0.3) is 0 Å². The Bertz CT molecular complexity index is 430. The topological polar surface area (TPSA) is 41.1 Å². The number of hydrogen-bond acceptors (Lipinski definition) is 2. The van der Waals surface area contributed by atoms with Gasteiger partial charge in [0.05, 0.1) is 5.69 Å². The zero-order valence-electron chi connectivity index (χ0n) is 10.2. The zero-order chi connectivity index (χ0) is 13.1. The highest BCUT2D eigenvalue weighted by Gasteiger charge is 2.28. The van der Waals surface area contributed by atoms with Gasteiger partial charge in [-0.2, -0.15) is 0 Å². The minimum absolute atomic E-state index is 0.0882. The van der Waals surface area contributed by atoms with Crippen LogP contribution in [0.2, 0.25) is 0 Å². The Balaban J connectivity index is 2.11. The van der Waals surface area contributed by atoms with Gasteiger partial charge in [-0.3, -0.25) is 4.79 Å². The van der Waals surface area contributed by atoms with Crippen molar-refractivity contribution >= 4 is 43.5 Å². The van der Waals surface area contributed by atoms with Crippen molar-refractivity contribution in [1.29, 1.82) is 0 Å². The molecule has 1 saturated heterocycles. The van der Waals surface area contributed by atoms with E-state index in [-0.39, 0.29) is 11.8 Å². The maximum atomic E-state index is 12.3. The lowest BCUT2D eigenvalue weighted by atomic mass is 9.87. The number of halogens is 2. The molecule has 2 atom stereocenters. The van der Waals surface area contributed by atoms with Crippen molar-refractivity contribution in [3.05, 3.63) is 27.1 Å². The minimum Gasteiger partial charge on any atom is -0.324 e. The average Bonchev–Trinajstić information content (AvgIpc) is 2.34. The number of rotatable bonds is 2. The Morgan fingerprint density at radius 1 is 1.39 bits per heavy atom. The van der Waals surface area contributed by atoms with Gasteiger partial charge >= 0.3 is 0 Å². The van der Waals surface area contributed by atoms with Crippen LogP contribution in [0, 0.1) is 11.8 Å². The maximum absolute atomic E-state index is 12.3. The van der Waals surface area contributed by atoms with E-state index in [0.717, 1.165) is 34.1 Å². The summed E-state index contributed by atoms with van der Waals surface area (Å²) >= 11 is 6.92. The Hall–Kier alpha value is -0.390. The SMILES string of the molecule is CC1CNCCC1C(=O)Nc1c(Br)cccc1Br. The first-order valence-corrected chi connectivity index (χ1v) is 7.64. The fraction of sp³-hybridized carbons (Fsp3) is 0.462. The molecule has 0 saturated carbocycles. The highest BCUT2D eigenvalue weighted by Crippen LogP contribution is 2.31. The Morgan fingerprint density at radius 2 is 2.06 bits per heavy atom. The summed E-state index contributed by atoms with van der Waals surface area (Å²) in [5.74, 6) is 0.571. The van der Waals surface area contributed by atoms with Crippen molar-refractivity contribution in [1.82, 2.24) is 5.32 Å². The predicted octanol–water partition coefficient (Wildman–Crippen LogP) is 3.40. The molecule has 2 unspecified atom stereocenters. The third-order valence-electron chi connectivity index (χ3n) is 3.33. The van der Waals surface area contributed by atoms with Crippen LogP contribution >= 0.6 is 31.9 Å². The standard InChI is InChI=1S/C13H16Br2N2O/c1-8-7-16-6-5-9(8)13(18)17-12-10(14)3-2-4-11(12)15/h2-4,8-9,16H,5-7H2,1H3,(H,17,18). The molecule has 2 N–H and O–H groups in total. The lowest BCUT2D eigenvalue weighted by molar-refractivity contribution is -0.122. The van der Waals surface area contributed by atoms with Crippen LogP contribution in [0.1, 0.15) is 13.3 Å². The normalized spacial score (nSPS) is 23.7. The number of hydrogen-bond donors (Lipinski definition) is 2. The van der Waals surface area contributed by atoms with Crippen molar-refractivity contribution in [2.24, 2.45) is 11.8 Å². The molecule has 0 radical (unpaired) electrons. The molecular formula is C13H16Br2N2O. The Morgan fingerprint density at radius 3 is 2.67 bits per heavy atom. The van der Waals surface area contributed by atoms with Crippen molar-refractivity contribution in [2.75, 3.05) is 18.4 Å². The van der Waals surface area contributed by atoms with Gasteiger partial charge in [0.2, 0.25) is 5.91 Å². The van der Waals surface area contributed by atoms with Gasteiger partial charge < -0.3 is 10.6 Å². The Labute approximate surface area is 124 Å². The molecule has 1 aliphatic heterocycles. The van der Waals surface area contributed by atoms with E-state index >= 15 is 0 Å². The molecule has 0 spiro atoms. The van der Waals surface area contributed by atoms with Crippen LogP contribution in [0.4, 0.5) is 5.69 Å².